The van der Waals surface area contributed by atoms with Crippen molar-refractivity contribution in [2.75, 3.05) is 47.0 Å². The number of nitrogens with zero attached hydrogens (tertiary/aromatic N) is 2. The first-order chi connectivity index (χ1) is 28.2. The van der Waals surface area contributed by atoms with E-state index in [2.05, 4.69) is 5.32 Å². The molecule has 9 heterocycles. The lowest BCUT2D eigenvalue weighted by molar-refractivity contribution is -0.215. The number of aliphatic hydroxyl groups is 1. The number of ether oxygens (including phenoxy) is 6. The summed E-state index contributed by atoms with van der Waals surface area (Å²) in [6, 6.07) is 3.72. The molecule has 2 fully saturated rings. The minimum atomic E-state index is -1.82. The van der Waals surface area contributed by atoms with E-state index in [0.29, 0.717) is 67.3 Å². The number of nitrogens with one attached hydrogen (secondary N) is 1. The van der Waals surface area contributed by atoms with Crippen molar-refractivity contribution in [2.45, 2.75) is 74.3 Å². The second kappa shape index (κ2) is 13.1. The molecule has 16 nitrogen and oxygen atoms in total. The van der Waals surface area contributed by atoms with Gasteiger partial charge in [-0.15, -0.1) is 11.8 Å². The van der Waals surface area contributed by atoms with Gasteiger partial charge in [0.2, 0.25) is 6.79 Å². The first kappa shape index (κ1) is 38.0. The lowest BCUT2D eigenvalue weighted by atomic mass is 9.78. The Hall–Kier alpha value is -5.20. The third-order valence-electron chi connectivity index (χ3n) is 12.9. The van der Waals surface area contributed by atoms with Crippen LogP contribution in [0.15, 0.2) is 28.7 Å². The Morgan fingerprint density at radius 3 is 2.54 bits per heavy atom. The number of rotatable bonds is 4. The number of aromatic hydroxyl groups is 1. The Bertz CT molecular complexity index is 2520. The average molecular weight is 830 g/mol. The molecule has 0 saturated carbocycles. The van der Waals surface area contributed by atoms with Gasteiger partial charge in [0.05, 0.1) is 31.6 Å². The number of methoxy groups -OCH3 is 2. The van der Waals surface area contributed by atoms with Crippen LogP contribution in [0.1, 0.15) is 69.0 Å². The molecule has 1 spiro atoms. The van der Waals surface area contributed by atoms with Crippen LogP contribution in [-0.4, -0.2) is 108 Å². The first-order valence-electron chi connectivity index (χ1n) is 19.3. The van der Waals surface area contributed by atoms with E-state index in [4.69, 9.17) is 32.8 Å². The Labute approximate surface area is 342 Å². The molecule has 12 rings (SSSR count). The van der Waals surface area contributed by atoms with Crippen molar-refractivity contribution in [2.24, 2.45) is 0 Å². The molecule has 4 bridgehead atoms. The molecule has 8 atom stereocenters. The van der Waals surface area contributed by atoms with Crippen LogP contribution in [-0.2, 0) is 37.5 Å². The standard InChI is InChI=1S/C42H43N3O13S/c1-17-9-20-12-41(51)14-44(4)30(27(20)32(47)33(17)53-6)31-37-29-28(36-35(55-16-56-36)18(2)34(29)57-19(3)46)25(45(31)41)13-54-40(50)42(15-59-37)38-23(11-24(43-42)39(48)49)22-10-21(52-5)7-8-26(22)58-38/h7-10,24-25,30-31,37,43,47,51H,11-16H2,1-6H3,(H,48,49)/t24-,25-,30?,31+,37+,41?,42+/m0/s1. The molecule has 17 heteroatoms. The molecule has 8 aliphatic heterocycles. The zero-order valence-electron chi connectivity index (χ0n) is 33.2. The second-order valence-electron chi connectivity index (χ2n) is 16.3. The smallest absolute Gasteiger partial charge is 0.335 e. The summed E-state index contributed by atoms with van der Waals surface area (Å²) < 4.78 is 42.5. The van der Waals surface area contributed by atoms with Gasteiger partial charge in [-0.2, -0.15) is 0 Å². The monoisotopic (exact) mass is 829 g/mol. The number of fused-ring (bicyclic) bond motifs is 8. The molecule has 4 aromatic rings. The summed E-state index contributed by atoms with van der Waals surface area (Å²) >= 11 is 1.31. The number of furan rings is 1. The normalized spacial score (nSPS) is 30.2. The van der Waals surface area contributed by atoms with Gasteiger partial charge in [-0.05, 0) is 50.2 Å². The van der Waals surface area contributed by atoms with Gasteiger partial charge in [0, 0.05) is 71.3 Å². The van der Waals surface area contributed by atoms with E-state index < -0.39 is 58.6 Å². The van der Waals surface area contributed by atoms with Gasteiger partial charge in [0.25, 0.3) is 0 Å². The SMILES string of the molecule is COc1ccc2oc3c(c2c1)C[C@@H](C(=O)O)N[C@]31CS[C@@H]2c3c(OC(C)=O)c(C)c4c(c3[C@H](COC1=O)N1[C@@H]2C2c3c(cc(C)c(OC)c3O)CC1(O)CN2C)OCO4. The number of piperazine rings is 1. The van der Waals surface area contributed by atoms with Gasteiger partial charge in [0.1, 0.15) is 41.2 Å². The third kappa shape index (κ3) is 5.20. The van der Waals surface area contributed by atoms with E-state index in [9.17, 15) is 24.9 Å². The van der Waals surface area contributed by atoms with Gasteiger partial charge >= 0.3 is 17.9 Å². The van der Waals surface area contributed by atoms with E-state index in [1.54, 1.807) is 25.1 Å². The molecule has 310 valence electrons. The van der Waals surface area contributed by atoms with Crippen molar-refractivity contribution in [3.8, 4) is 34.5 Å². The number of carbonyl (C=O) groups excluding carboxylic acids is 2. The summed E-state index contributed by atoms with van der Waals surface area (Å²) in [6.45, 7) is 4.63. The summed E-state index contributed by atoms with van der Waals surface area (Å²) in [5.74, 6) is -0.596. The van der Waals surface area contributed by atoms with Crippen molar-refractivity contribution in [1.82, 2.24) is 15.1 Å². The summed E-state index contributed by atoms with van der Waals surface area (Å²) in [7, 11) is 4.92. The fourth-order valence-electron chi connectivity index (χ4n) is 10.8. The van der Waals surface area contributed by atoms with Crippen LogP contribution < -0.4 is 29.0 Å². The molecule has 59 heavy (non-hydrogen) atoms. The molecular weight excluding hydrogens is 787 g/mol. The molecule has 0 amide bonds. The number of esters is 2. The molecule has 0 aliphatic carbocycles. The topological polar surface area (TPSA) is 199 Å². The van der Waals surface area contributed by atoms with Gasteiger partial charge < -0.3 is 48.2 Å². The number of aliphatic carboxylic acids is 1. The fraction of sp³-hybridized carbons (Fsp3) is 0.452. The van der Waals surface area contributed by atoms with E-state index in [1.807, 2.05) is 29.8 Å². The molecule has 4 N–H and O–H groups in total. The maximum Gasteiger partial charge on any atom is 0.335 e. The highest BCUT2D eigenvalue weighted by Crippen LogP contribution is 2.65. The highest BCUT2D eigenvalue weighted by Gasteiger charge is 2.64. The lowest BCUT2D eigenvalue weighted by Crippen LogP contribution is -2.70. The number of carboxylic acid groups (broad SMARTS) is 1. The number of benzene rings is 3. The summed E-state index contributed by atoms with van der Waals surface area (Å²) in [5.41, 5.74) is 1.20. The number of carboxylic acids is 1. The Morgan fingerprint density at radius 1 is 1.03 bits per heavy atom. The number of thioether (sulfide) groups is 1. The first-order valence-corrected chi connectivity index (χ1v) is 20.4. The highest BCUT2D eigenvalue weighted by molar-refractivity contribution is 7.99. The maximum absolute atomic E-state index is 15.0. The highest BCUT2D eigenvalue weighted by atomic mass is 32.2. The average Bonchev–Trinajstić information content (AvgIpc) is 3.78. The minimum Gasteiger partial charge on any atom is -0.504 e. The number of hydrogen-bond acceptors (Lipinski definition) is 16. The fourth-order valence-corrected chi connectivity index (χ4v) is 12.4. The predicted molar refractivity (Wildman–Crippen MR) is 209 cm³/mol. The van der Waals surface area contributed by atoms with Crippen molar-refractivity contribution < 1.29 is 62.5 Å². The van der Waals surface area contributed by atoms with Crippen LogP contribution in [0.3, 0.4) is 0 Å². The van der Waals surface area contributed by atoms with Gasteiger partial charge in [-0.25, -0.2) is 4.79 Å². The van der Waals surface area contributed by atoms with E-state index in [1.165, 1.54) is 32.9 Å². The van der Waals surface area contributed by atoms with Crippen molar-refractivity contribution in [3.63, 3.8) is 0 Å². The summed E-state index contributed by atoms with van der Waals surface area (Å²) in [4.78, 5) is 45.0. The molecule has 8 aliphatic rings. The van der Waals surface area contributed by atoms with Gasteiger partial charge in [-0.1, -0.05) is 6.07 Å². The van der Waals surface area contributed by atoms with Crippen molar-refractivity contribution in [1.29, 1.82) is 0 Å². The summed E-state index contributed by atoms with van der Waals surface area (Å²) in [5, 5.41) is 38.9. The third-order valence-corrected chi connectivity index (χ3v) is 14.4. The van der Waals surface area contributed by atoms with Crippen LogP contribution in [0, 0.1) is 13.8 Å². The second-order valence-corrected chi connectivity index (χ2v) is 17.4. The van der Waals surface area contributed by atoms with E-state index in [0.717, 1.165) is 5.56 Å². The predicted octanol–water partition coefficient (Wildman–Crippen LogP) is 3.91. The van der Waals surface area contributed by atoms with Crippen LogP contribution in [0.25, 0.3) is 11.0 Å². The van der Waals surface area contributed by atoms with Crippen LogP contribution in [0.2, 0.25) is 0 Å². The van der Waals surface area contributed by atoms with Gasteiger partial charge in [-0.3, -0.25) is 24.7 Å². The quantitative estimate of drug-likeness (QED) is 0.170. The largest absolute Gasteiger partial charge is 0.504 e. The van der Waals surface area contributed by atoms with Gasteiger partial charge in [0.15, 0.2) is 28.5 Å². The zero-order valence-corrected chi connectivity index (χ0v) is 34.0. The Morgan fingerprint density at radius 2 is 1.81 bits per heavy atom. The van der Waals surface area contributed by atoms with Crippen LogP contribution in [0.5, 0.6) is 34.5 Å². The minimum absolute atomic E-state index is 0.0201. The summed E-state index contributed by atoms with van der Waals surface area (Å²) in [6.07, 6.45) is 0.126. The van der Waals surface area contributed by atoms with E-state index in [-0.39, 0.29) is 55.8 Å². The number of phenolic OH excluding ortho intramolecular Hbond substituents is 1. The van der Waals surface area contributed by atoms with Crippen LogP contribution >= 0.6 is 11.8 Å². The number of phenols is 1. The maximum atomic E-state index is 15.0. The molecule has 3 unspecified atom stereocenters. The Balaban J connectivity index is 1.25. The number of carbonyl (C=O) groups is 3. The zero-order chi connectivity index (χ0) is 41.4. The van der Waals surface area contributed by atoms with E-state index >= 15 is 4.79 Å². The lowest BCUT2D eigenvalue weighted by Gasteiger charge is -2.60. The molecule has 1 aromatic heterocycles. The van der Waals surface area contributed by atoms with Crippen molar-refractivity contribution in [3.05, 3.63) is 69.0 Å². The Kier molecular flexibility index (Phi) is 8.48. The molecule has 2 saturated heterocycles. The molecular formula is C42H43N3O13S. The molecule has 3 aromatic carbocycles. The van der Waals surface area contributed by atoms with Crippen molar-refractivity contribution >= 4 is 40.6 Å². The number of hydrogen-bond donors (Lipinski definition) is 4. The molecule has 0 radical (unpaired) electrons. The van der Waals surface area contributed by atoms with Crippen LogP contribution in [0.4, 0.5) is 0 Å². The number of aryl methyl sites for hydroxylation is 1. The number of likely N-dealkylation sites (N-methyl/N-ethyl adjacent to an activating group) is 1.